The van der Waals surface area contributed by atoms with Gasteiger partial charge in [-0.05, 0) is 50.7 Å². The minimum Gasteiger partial charge on any atom is -0.306 e. The molecule has 3 aromatic heterocycles. The summed E-state index contributed by atoms with van der Waals surface area (Å²) in [6.45, 7) is 2.24. The normalized spacial score (nSPS) is 15.3. The van der Waals surface area contributed by atoms with E-state index in [1.807, 2.05) is 30.6 Å². The van der Waals surface area contributed by atoms with Gasteiger partial charge in [0.1, 0.15) is 12.0 Å². The van der Waals surface area contributed by atoms with Gasteiger partial charge in [-0.2, -0.15) is 10.2 Å². The highest BCUT2D eigenvalue weighted by Crippen LogP contribution is 2.34. The number of hydrogen-bond acceptors (Lipinski definition) is 5. The zero-order valence-electron chi connectivity index (χ0n) is 18.5. The van der Waals surface area contributed by atoms with E-state index in [-0.39, 0.29) is 0 Å². The first kappa shape index (κ1) is 19.8. The van der Waals surface area contributed by atoms with Crippen LogP contribution in [-0.4, -0.2) is 55.0 Å². The molecule has 0 radical (unpaired) electrons. The summed E-state index contributed by atoms with van der Waals surface area (Å²) < 4.78 is 2.13. The van der Waals surface area contributed by atoms with E-state index in [1.165, 1.54) is 0 Å². The van der Waals surface area contributed by atoms with Crippen molar-refractivity contribution in [3.63, 3.8) is 0 Å². The third kappa shape index (κ3) is 3.70. The monoisotopic (exact) mass is 435 g/mol. The molecule has 0 amide bonds. The molecule has 0 saturated carbocycles. The van der Waals surface area contributed by atoms with Gasteiger partial charge in [0.05, 0.1) is 23.4 Å². The van der Waals surface area contributed by atoms with Gasteiger partial charge >= 0.3 is 0 Å². The first-order valence-electron chi connectivity index (χ1n) is 11.3. The van der Waals surface area contributed by atoms with Crippen molar-refractivity contribution >= 4 is 10.9 Å². The predicted octanol–water partition coefficient (Wildman–Crippen LogP) is 4.82. The molecule has 0 aliphatic carbocycles. The number of fused-ring (bicyclic) bond motifs is 1. The SMILES string of the molecule is CN1CCC(n2cc(-c3ccc4c(-c5c[nH]nc5-c5ccccc5)ncnc4c3)cn2)CC1. The van der Waals surface area contributed by atoms with Crippen LogP contribution in [0.15, 0.2) is 73.4 Å². The van der Waals surface area contributed by atoms with E-state index in [0.29, 0.717) is 6.04 Å². The Hall–Kier alpha value is -3.84. The van der Waals surface area contributed by atoms with E-state index >= 15 is 0 Å². The van der Waals surface area contributed by atoms with Gasteiger partial charge in [-0.1, -0.05) is 36.4 Å². The number of benzene rings is 2. The molecule has 1 fully saturated rings. The van der Waals surface area contributed by atoms with Crippen LogP contribution in [0.1, 0.15) is 18.9 Å². The second kappa shape index (κ2) is 8.26. The summed E-state index contributed by atoms with van der Waals surface area (Å²) in [5.41, 5.74) is 6.92. The molecule has 7 heteroatoms. The van der Waals surface area contributed by atoms with Crippen LogP contribution >= 0.6 is 0 Å². The summed E-state index contributed by atoms with van der Waals surface area (Å²) in [7, 11) is 2.18. The number of nitrogens with zero attached hydrogens (tertiary/aromatic N) is 6. The lowest BCUT2D eigenvalue weighted by Crippen LogP contribution is -2.31. The fourth-order valence-electron chi connectivity index (χ4n) is 4.68. The number of hydrogen-bond donors (Lipinski definition) is 1. The molecule has 1 N–H and O–H groups in total. The molecule has 2 aromatic carbocycles. The molecule has 1 aliphatic heterocycles. The number of likely N-dealkylation sites (tertiary alicyclic amines) is 1. The molecule has 7 nitrogen and oxygen atoms in total. The summed E-state index contributed by atoms with van der Waals surface area (Å²) >= 11 is 0. The molecule has 164 valence electrons. The van der Waals surface area contributed by atoms with E-state index in [2.05, 4.69) is 78.4 Å². The first-order chi connectivity index (χ1) is 16.3. The minimum atomic E-state index is 0.474. The number of aromatic amines is 1. The van der Waals surface area contributed by atoms with Crippen LogP contribution in [0.5, 0.6) is 0 Å². The van der Waals surface area contributed by atoms with Gasteiger partial charge in [0.15, 0.2) is 0 Å². The first-order valence-corrected chi connectivity index (χ1v) is 11.3. The van der Waals surface area contributed by atoms with Crippen molar-refractivity contribution in [3.8, 4) is 33.6 Å². The van der Waals surface area contributed by atoms with Crippen LogP contribution in [0.4, 0.5) is 0 Å². The highest BCUT2D eigenvalue weighted by molar-refractivity contribution is 5.97. The standard InChI is InChI=1S/C26H25N7/c1-32-11-9-21(10-12-32)33-16-20(14-30-33)19-7-8-22-24(13-19)27-17-28-26(22)23-15-29-31-25(23)18-5-3-2-4-6-18/h2-8,13-17,21H,9-12H2,1H3,(H,29,31). The number of nitrogens with one attached hydrogen (secondary N) is 1. The Kier molecular flexibility index (Phi) is 4.96. The topological polar surface area (TPSA) is 75.5 Å². The van der Waals surface area contributed by atoms with E-state index in [1.54, 1.807) is 6.33 Å². The number of aromatic nitrogens is 6. The van der Waals surface area contributed by atoms with Crippen LogP contribution in [0.2, 0.25) is 0 Å². The lowest BCUT2D eigenvalue weighted by Gasteiger charge is -2.28. The average molecular weight is 436 g/mol. The Morgan fingerprint density at radius 2 is 1.76 bits per heavy atom. The third-order valence-corrected chi connectivity index (χ3v) is 6.58. The summed E-state index contributed by atoms with van der Waals surface area (Å²) in [5.74, 6) is 0. The molecule has 5 aromatic rings. The van der Waals surface area contributed by atoms with Gasteiger partial charge in [0, 0.05) is 34.5 Å². The quantitative estimate of drug-likeness (QED) is 0.438. The van der Waals surface area contributed by atoms with Gasteiger partial charge in [0.25, 0.3) is 0 Å². The van der Waals surface area contributed by atoms with Gasteiger partial charge in [0.2, 0.25) is 0 Å². The van der Waals surface area contributed by atoms with Gasteiger partial charge in [-0.25, -0.2) is 9.97 Å². The van der Waals surface area contributed by atoms with Crippen molar-refractivity contribution in [2.45, 2.75) is 18.9 Å². The summed E-state index contributed by atoms with van der Waals surface area (Å²) in [6, 6.07) is 17.0. The molecule has 0 unspecified atom stereocenters. The number of rotatable bonds is 4. The maximum absolute atomic E-state index is 4.68. The molecule has 0 atom stereocenters. The molecule has 0 spiro atoms. The highest BCUT2D eigenvalue weighted by Gasteiger charge is 2.20. The van der Waals surface area contributed by atoms with Crippen LogP contribution < -0.4 is 0 Å². The van der Waals surface area contributed by atoms with Gasteiger partial charge in [-0.3, -0.25) is 9.78 Å². The Balaban J connectivity index is 1.35. The van der Waals surface area contributed by atoms with Crippen molar-refractivity contribution in [1.82, 2.24) is 34.8 Å². The second-order valence-electron chi connectivity index (χ2n) is 8.71. The molecule has 4 heterocycles. The second-order valence-corrected chi connectivity index (χ2v) is 8.71. The van der Waals surface area contributed by atoms with E-state index in [9.17, 15) is 0 Å². The molecule has 6 rings (SSSR count). The van der Waals surface area contributed by atoms with E-state index in [4.69, 9.17) is 0 Å². The van der Waals surface area contributed by atoms with Gasteiger partial charge in [-0.15, -0.1) is 0 Å². The smallest absolute Gasteiger partial charge is 0.116 e. The van der Waals surface area contributed by atoms with Crippen molar-refractivity contribution in [3.05, 3.63) is 73.4 Å². The Labute approximate surface area is 192 Å². The van der Waals surface area contributed by atoms with Gasteiger partial charge < -0.3 is 4.90 Å². The highest BCUT2D eigenvalue weighted by atomic mass is 15.3. The largest absolute Gasteiger partial charge is 0.306 e. The molecule has 1 aliphatic rings. The zero-order valence-corrected chi connectivity index (χ0v) is 18.5. The van der Waals surface area contributed by atoms with Crippen LogP contribution in [-0.2, 0) is 0 Å². The fourth-order valence-corrected chi connectivity index (χ4v) is 4.68. The van der Waals surface area contributed by atoms with Crippen LogP contribution in [0.3, 0.4) is 0 Å². The van der Waals surface area contributed by atoms with Crippen molar-refractivity contribution in [2.75, 3.05) is 20.1 Å². The molecule has 33 heavy (non-hydrogen) atoms. The lowest BCUT2D eigenvalue weighted by molar-refractivity contribution is 0.212. The molecule has 1 saturated heterocycles. The van der Waals surface area contributed by atoms with E-state index in [0.717, 1.165) is 70.5 Å². The van der Waals surface area contributed by atoms with Crippen LogP contribution in [0, 0.1) is 0 Å². The van der Waals surface area contributed by atoms with Crippen molar-refractivity contribution in [2.24, 2.45) is 0 Å². The van der Waals surface area contributed by atoms with Crippen LogP contribution in [0.25, 0.3) is 44.5 Å². The Morgan fingerprint density at radius 1 is 0.909 bits per heavy atom. The number of H-pyrrole nitrogens is 1. The molecular weight excluding hydrogens is 410 g/mol. The lowest BCUT2D eigenvalue weighted by atomic mass is 10.0. The summed E-state index contributed by atoms with van der Waals surface area (Å²) in [5, 5.41) is 13.2. The predicted molar refractivity (Wildman–Crippen MR) is 130 cm³/mol. The Morgan fingerprint density at radius 3 is 2.61 bits per heavy atom. The Bertz CT molecular complexity index is 1390. The minimum absolute atomic E-state index is 0.474. The summed E-state index contributed by atoms with van der Waals surface area (Å²) in [6.07, 6.45) is 9.95. The number of piperidine rings is 1. The van der Waals surface area contributed by atoms with E-state index < -0.39 is 0 Å². The zero-order chi connectivity index (χ0) is 22.2. The van der Waals surface area contributed by atoms with Crippen molar-refractivity contribution < 1.29 is 0 Å². The average Bonchev–Trinajstić information content (AvgIpc) is 3.55. The van der Waals surface area contributed by atoms with Crippen molar-refractivity contribution in [1.29, 1.82) is 0 Å². The molecule has 0 bridgehead atoms. The fraction of sp³-hybridized carbons (Fsp3) is 0.231. The maximum Gasteiger partial charge on any atom is 0.116 e. The summed E-state index contributed by atoms with van der Waals surface area (Å²) in [4.78, 5) is 11.6. The third-order valence-electron chi connectivity index (χ3n) is 6.58. The molecular formula is C26H25N7. The maximum atomic E-state index is 4.68.